The molecule has 13 heteroatoms. The van der Waals surface area contributed by atoms with Crippen molar-refractivity contribution in [2.24, 2.45) is 0 Å². The van der Waals surface area contributed by atoms with Gasteiger partial charge in [-0.1, -0.05) is 0 Å². The SMILES string of the molecule is COc1ccc(CNC(=O)c2ccc3nn(C[C@H]4CCC(=O)N4)c(=O)n3c2)c(OC(F)(F)F)c1. The van der Waals surface area contributed by atoms with Gasteiger partial charge in [-0.2, -0.15) is 0 Å². The van der Waals surface area contributed by atoms with Crippen LogP contribution in [0.1, 0.15) is 28.8 Å². The minimum absolute atomic E-state index is 0.0798. The molecule has 1 aliphatic rings. The van der Waals surface area contributed by atoms with E-state index in [9.17, 15) is 27.6 Å². The van der Waals surface area contributed by atoms with Crippen LogP contribution in [0.15, 0.2) is 41.3 Å². The van der Waals surface area contributed by atoms with Gasteiger partial charge in [-0.15, -0.1) is 18.3 Å². The summed E-state index contributed by atoms with van der Waals surface area (Å²) in [6, 6.07) is 6.58. The number of hydrogen-bond donors (Lipinski definition) is 2. The van der Waals surface area contributed by atoms with Crippen LogP contribution in [0.3, 0.4) is 0 Å². The Hall–Kier alpha value is -4.03. The molecule has 1 fully saturated rings. The Morgan fingerprint density at radius 2 is 2.06 bits per heavy atom. The van der Waals surface area contributed by atoms with E-state index in [1.807, 2.05) is 0 Å². The summed E-state index contributed by atoms with van der Waals surface area (Å²) in [5, 5.41) is 9.48. The van der Waals surface area contributed by atoms with E-state index in [1.54, 1.807) is 0 Å². The fourth-order valence-corrected chi connectivity index (χ4v) is 3.60. The van der Waals surface area contributed by atoms with E-state index < -0.39 is 23.7 Å². The van der Waals surface area contributed by atoms with Crippen molar-refractivity contribution in [1.29, 1.82) is 0 Å². The van der Waals surface area contributed by atoms with E-state index in [1.165, 1.54) is 46.7 Å². The van der Waals surface area contributed by atoms with Crippen LogP contribution in [-0.4, -0.2) is 45.5 Å². The van der Waals surface area contributed by atoms with Gasteiger partial charge in [-0.3, -0.25) is 9.59 Å². The fourth-order valence-electron chi connectivity index (χ4n) is 3.60. The molecule has 2 amide bonds. The zero-order valence-corrected chi connectivity index (χ0v) is 17.9. The van der Waals surface area contributed by atoms with Crippen LogP contribution in [0.25, 0.3) is 5.65 Å². The summed E-state index contributed by atoms with van der Waals surface area (Å²) in [5.41, 5.74) is 0.00924. The molecule has 2 N–H and O–H groups in total. The van der Waals surface area contributed by atoms with Crippen molar-refractivity contribution in [2.45, 2.75) is 38.3 Å². The molecule has 0 aliphatic carbocycles. The molecule has 180 valence electrons. The number of ether oxygens (including phenoxy) is 2. The van der Waals surface area contributed by atoms with Crippen molar-refractivity contribution in [3.05, 3.63) is 58.1 Å². The van der Waals surface area contributed by atoms with Crippen LogP contribution in [0.4, 0.5) is 13.2 Å². The van der Waals surface area contributed by atoms with Crippen LogP contribution >= 0.6 is 0 Å². The topological polar surface area (TPSA) is 116 Å². The predicted molar refractivity (Wildman–Crippen MR) is 111 cm³/mol. The van der Waals surface area contributed by atoms with Gasteiger partial charge in [0.05, 0.1) is 19.2 Å². The number of carbonyl (C=O) groups excluding carboxylic acids is 2. The summed E-state index contributed by atoms with van der Waals surface area (Å²) >= 11 is 0. The average Bonchev–Trinajstić information content (AvgIpc) is 3.33. The Labute approximate surface area is 190 Å². The lowest BCUT2D eigenvalue weighted by atomic mass is 10.1. The van der Waals surface area contributed by atoms with Crippen LogP contribution in [0.2, 0.25) is 0 Å². The highest BCUT2D eigenvalue weighted by Gasteiger charge is 2.32. The van der Waals surface area contributed by atoms with E-state index in [0.717, 1.165) is 6.07 Å². The van der Waals surface area contributed by atoms with Gasteiger partial charge in [-0.05, 0) is 30.7 Å². The molecule has 0 radical (unpaired) electrons. The third-order valence-electron chi connectivity index (χ3n) is 5.26. The molecular weight excluding hydrogens is 459 g/mol. The normalized spacial score (nSPS) is 15.9. The lowest BCUT2D eigenvalue weighted by molar-refractivity contribution is -0.274. The number of amides is 2. The number of rotatable bonds is 7. The van der Waals surface area contributed by atoms with Crippen LogP contribution < -0.4 is 25.8 Å². The number of nitrogens with zero attached hydrogens (tertiary/aromatic N) is 3. The second-order valence-corrected chi connectivity index (χ2v) is 7.62. The molecule has 3 aromatic rings. The van der Waals surface area contributed by atoms with Gasteiger partial charge < -0.3 is 20.1 Å². The second kappa shape index (κ2) is 9.08. The number of benzene rings is 1. The van der Waals surface area contributed by atoms with Crippen molar-refractivity contribution in [1.82, 2.24) is 24.8 Å². The standard InChI is InChI=1S/C21H20F3N5O5/c1-33-15-5-2-12(16(8-15)34-21(22,23)24)9-25-19(31)13-3-6-17-27-29(20(32)28(17)10-13)11-14-4-7-18(30)26-14/h2-3,5-6,8,10,14H,4,7,9,11H2,1H3,(H,25,31)(H,26,30)/t14-/m1/s1. The third kappa shape index (κ3) is 5.13. The maximum absolute atomic E-state index is 12.7. The summed E-state index contributed by atoms with van der Waals surface area (Å²) in [7, 11) is 1.30. The molecule has 0 spiro atoms. The predicted octanol–water partition coefficient (Wildman–Crippen LogP) is 1.61. The quantitative estimate of drug-likeness (QED) is 0.532. The van der Waals surface area contributed by atoms with Crippen molar-refractivity contribution >= 4 is 17.5 Å². The monoisotopic (exact) mass is 479 g/mol. The van der Waals surface area contributed by atoms with Crippen LogP contribution in [0, 0.1) is 0 Å². The third-order valence-corrected chi connectivity index (χ3v) is 5.26. The Kier molecular flexibility index (Phi) is 6.18. The zero-order valence-electron chi connectivity index (χ0n) is 17.9. The maximum Gasteiger partial charge on any atom is 0.573 e. The Bertz CT molecular complexity index is 1300. The fraction of sp³-hybridized carbons (Fsp3) is 0.333. The molecular formula is C21H20F3N5O5. The van der Waals surface area contributed by atoms with Gasteiger partial charge in [0.2, 0.25) is 5.91 Å². The summed E-state index contributed by atoms with van der Waals surface area (Å²) in [5.74, 6) is -1.03. The molecule has 1 saturated heterocycles. The highest BCUT2D eigenvalue weighted by Crippen LogP contribution is 2.30. The zero-order chi connectivity index (χ0) is 24.5. The van der Waals surface area contributed by atoms with Crippen LogP contribution in [-0.2, 0) is 17.9 Å². The first kappa shape index (κ1) is 23.1. The van der Waals surface area contributed by atoms with Gasteiger partial charge in [0.15, 0.2) is 5.65 Å². The number of aromatic nitrogens is 3. The smallest absolute Gasteiger partial charge is 0.497 e. The van der Waals surface area contributed by atoms with Crippen molar-refractivity contribution in [3.8, 4) is 11.5 Å². The summed E-state index contributed by atoms with van der Waals surface area (Å²) in [6.45, 7) is -0.0605. The van der Waals surface area contributed by atoms with E-state index in [-0.39, 0.29) is 41.9 Å². The summed E-state index contributed by atoms with van der Waals surface area (Å²) < 4.78 is 49.6. The van der Waals surface area contributed by atoms with E-state index in [0.29, 0.717) is 18.5 Å². The van der Waals surface area contributed by atoms with E-state index in [2.05, 4.69) is 20.5 Å². The lowest BCUT2D eigenvalue weighted by Gasteiger charge is -2.15. The van der Waals surface area contributed by atoms with Crippen molar-refractivity contribution in [2.75, 3.05) is 7.11 Å². The molecule has 3 heterocycles. The molecule has 0 unspecified atom stereocenters. The highest BCUT2D eigenvalue weighted by molar-refractivity contribution is 5.94. The first-order valence-corrected chi connectivity index (χ1v) is 10.2. The largest absolute Gasteiger partial charge is 0.573 e. The molecule has 1 atom stereocenters. The number of methoxy groups -OCH3 is 1. The van der Waals surface area contributed by atoms with Crippen LogP contribution in [0.5, 0.6) is 11.5 Å². The Morgan fingerprint density at radius 3 is 2.74 bits per heavy atom. The number of hydrogen-bond acceptors (Lipinski definition) is 6. The van der Waals surface area contributed by atoms with E-state index >= 15 is 0 Å². The first-order chi connectivity index (χ1) is 16.1. The van der Waals surface area contributed by atoms with Gasteiger partial charge in [0.1, 0.15) is 11.5 Å². The number of fused-ring (bicyclic) bond motifs is 1. The Morgan fingerprint density at radius 1 is 1.26 bits per heavy atom. The van der Waals surface area contributed by atoms with Gasteiger partial charge in [-0.25, -0.2) is 13.9 Å². The first-order valence-electron chi connectivity index (χ1n) is 10.2. The molecule has 1 aliphatic heterocycles. The number of alkyl halides is 3. The average molecular weight is 479 g/mol. The van der Waals surface area contributed by atoms with Gasteiger partial charge in [0.25, 0.3) is 5.91 Å². The lowest BCUT2D eigenvalue weighted by Crippen LogP contribution is -2.34. The second-order valence-electron chi connectivity index (χ2n) is 7.62. The van der Waals surface area contributed by atoms with E-state index in [4.69, 9.17) is 4.74 Å². The van der Waals surface area contributed by atoms with Crippen molar-refractivity contribution < 1.29 is 32.2 Å². The number of nitrogens with one attached hydrogen (secondary N) is 2. The molecule has 34 heavy (non-hydrogen) atoms. The Balaban J connectivity index is 1.50. The number of pyridine rings is 1. The molecule has 4 rings (SSSR count). The summed E-state index contributed by atoms with van der Waals surface area (Å²) in [6.07, 6.45) is -2.64. The van der Waals surface area contributed by atoms with Gasteiger partial charge >= 0.3 is 12.1 Å². The minimum atomic E-state index is -4.92. The molecule has 0 saturated carbocycles. The molecule has 2 aromatic heterocycles. The highest BCUT2D eigenvalue weighted by atomic mass is 19.4. The summed E-state index contributed by atoms with van der Waals surface area (Å²) in [4.78, 5) is 36.7. The van der Waals surface area contributed by atoms with Crippen molar-refractivity contribution in [3.63, 3.8) is 0 Å². The molecule has 0 bridgehead atoms. The van der Waals surface area contributed by atoms with Gasteiger partial charge in [0, 0.05) is 36.8 Å². The number of carbonyl (C=O) groups is 2. The minimum Gasteiger partial charge on any atom is -0.497 e. The maximum atomic E-state index is 12.7. The number of halogens is 3. The molecule has 10 nitrogen and oxygen atoms in total. The molecule has 1 aromatic carbocycles.